The summed E-state index contributed by atoms with van der Waals surface area (Å²) in [7, 11) is 1.91. The first-order chi connectivity index (χ1) is 9.38. The van der Waals surface area contributed by atoms with E-state index < -0.39 is 17.2 Å². The van der Waals surface area contributed by atoms with Crippen LogP contribution in [0.3, 0.4) is 0 Å². The third-order valence-electron chi connectivity index (χ3n) is 3.26. The van der Waals surface area contributed by atoms with Gasteiger partial charge in [-0.25, -0.2) is 8.78 Å². The van der Waals surface area contributed by atoms with Crippen LogP contribution >= 0.6 is 0 Å². The zero-order valence-corrected chi connectivity index (χ0v) is 11.2. The standard InChI is InChI=1S/C13H18F2N4O/c1-19-5-4-13(20,8-19)7-17-12(16)18-11-6-9(14)2-3-10(11)15/h2-3,6,20H,4-5,7-8H2,1H3,(H3,16,17,18). The van der Waals surface area contributed by atoms with Crippen LogP contribution in [-0.4, -0.2) is 48.2 Å². The van der Waals surface area contributed by atoms with Gasteiger partial charge in [-0.15, -0.1) is 0 Å². The Balaban J connectivity index is 1.99. The number of anilines is 1. The van der Waals surface area contributed by atoms with Crippen molar-refractivity contribution < 1.29 is 13.9 Å². The number of hydrogen-bond acceptors (Lipinski definition) is 3. The summed E-state index contributed by atoms with van der Waals surface area (Å²) < 4.78 is 26.4. The zero-order chi connectivity index (χ0) is 14.8. The van der Waals surface area contributed by atoms with E-state index in [-0.39, 0.29) is 18.2 Å². The topological polar surface area (TPSA) is 73.9 Å². The third-order valence-corrected chi connectivity index (χ3v) is 3.26. The summed E-state index contributed by atoms with van der Waals surface area (Å²) in [6.45, 7) is 1.42. The van der Waals surface area contributed by atoms with Crippen molar-refractivity contribution in [3.8, 4) is 0 Å². The van der Waals surface area contributed by atoms with E-state index in [1.54, 1.807) is 0 Å². The Bertz CT molecular complexity index is 523. The van der Waals surface area contributed by atoms with Crippen LogP contribution in [0.5, 0.6) is 0 Å². The minimum Gasteiger partial charge on any atom is -0.387 e. The Morgan fingerprint density at radius 3 is 2.95 bits per heavy atom. The van der Waals surface area contributed by atoms with E-state index in [4.69, 9.17) is 5.73 Å². The molecule has 5 nitrogen and oxygen atoms in total. The molecule has 0 radical (unpaired) electrons. The van der Waals surface area contributed by atoms with Crippen LogP contribution in [0.1, 0.15) is 6.42 Å². The Morgan fingerprint density at radius 1 is 1.55 bits per heavy atom. The molecule has 2 rings (SSSR count). The largest absolute Gasteiger partial charge is 0.387 e. The van der Waals surface area contributed by atoms with Gasteiger partial charge in [0.15, 0.2) is 5.96 Å². The van der Waals surface area contributed by atoms with Crippen LogP contribution in [0.2, 0.25) is 0 Å². The molecule has 20 heavy (non-hydrogen) atoms. The number of aliphatic imine (C=N–C) groups is 1. The fourth-order valence-corrected chi connectivity index (χ4v) is 2.19. The maximum Gasteiger partial charge on any atom is 0.193 e. The molecule has 0 aromatic heterocycles. The van der Waals surface area contributed by atoms with Gasteiger partial charge in [0.2, 0.25) is 0 Å². The molecular weight excluding hydrogens is 266 g/mol. The third kappa shape index (κ3) is 3.64. The highest BCUT2D eigenvalue weighted by molar-refractivity contribution is 5.92. The lowest BCUT2D eigenvalue weighted by Crippen LogP contribution is -2.37. The fourth-order valence-electron chi connectivity index (χ4n) is 2.19. The molecule has 1 aliphatic heterocycles. The minimum absolute atomic E-state index is 0.0579. The lowest BCUT2D eigenvalue weighted by Gasteiger charge is -2.20. The molecule has 0 saturated carbocycles. The van der Waals surface area contributed by atoms with Gasteiger partial charge in [-0.2, -0.15) is 0 Å². The highest BCUT2D eigenvalue weighted by Crippen LogP contribution is 2.20. The van der Waals surface area contributed by atoms with Gasteiger partial charge >= 0.3 is 0 Å². The highest BCUT2D eigenvalue weighted by Gasteiger charge is 2.34. The molecule has 0 bridgehead atoms. The van der Waals surface area contributed by atoms with Gasteiger partial charge in [0.1, 0.15) is 11.6 Å². The van der Waals surface area contributed by atoms with Gasteiger partial charge in [0.25, 0.3) is 0 Å². The maximum absolute atomic E-state index is 13.4. The monoisotopic (exact) mass is 284 g/mol. The number of likely N-dealkylation sites (N-methyl/N-ethyl adjacent to an activating group) is 1. The number of rotatable bonds is 3. The van der Waals surface area contributed by atoms with Crippen LogP contribution in [-0.2, 0) is 0 Å². The van der Waals surface area contributed by atoms with Crippen molar-refractivity contribution in [1.29, 1.82) is 0 Å². The van der Waals surface area contributed by atoms with Crippen molar-refractivity contribution in [2.75, 3.05) is 32.0 Å². The summed E-state index contributed by atoms with van der Waals surface area (Å²) in [5.41, 5.74) is 4.62. The van der Waals surface area contributed by atoms with E-state index >= 15 is 0 Å². The summed E-state index contributed by atoms with van der Waals surface area (Å²) in [4.78, 5) is 5.99. The molecule has 0 spiro atoms. The Labute approximate surface area is 116 Å². The average molecular weight is 284 g/mol. The first kappa shape index (κ1) is 14.7. The number of halogens is 2. The molecular formula is C13H18F2N4O. The summed E-state index contributed by atoms with van der Waals surface area (Å²) in [6.07, 6.45) is 0.606. The first-order valence-corrected chi connectivity index (χ1v) is 6.31. The molecule has 1 unspecified atom stereocenters. The summed E-state index contributed by atoms with van der Waals surface area (Å²) in [6, 6.07) is 3.02. The molecule has 1 atom stereocenters. The van der Waals surface area contributed by atoms with Gasteiger partial charge in [-0.05, 0) is 25.6 Å². The number of likely N-dealkylation sites (tertiary alicyclic amines) is 1. The number of nitrogens with zero attached hydrogens (tertiary/aromatic N) is 2. The van der Waals surface area contributed by atoms with E-state index in [0.717, 1.165) is 24.7 Å². The predicted molar refractivity (Wildman–Crippen MR) is 73.5 cm³/mol. The van der Waals surface area contributed by atoms with Crippen LogP contribution in [0, 0.1) is 11.6 Å². The van der Waals surface area contributed by atoms with Crippen LogP contribution in [0.25, 0.3) is 0 Å². The number of nitrogens with two attached hydrogens (primary N) is 1. The van der Waals surface area contributed by atoms with Crippen molar-refractivity contribution in [1.82, 2.24) is 4.90 Å². The Kier molecular flexibility index (Phi) is 4.20. The lowest BCUT2D eigenvalue weighted by atomic mass is 10.0. The van der Waals surface area contributed by atoms with Crippen molar-refractivity contribution in [2.24, 2.45) is 10.7 Å². The zero-order valence-electron chi connectivity index (χ0n) is 11.2. The van der Waals surface area contributed by atoms with E-state index in [0.29, 0.717) is 13.0 Å². The molecule has 1 aromatic rings. The molecule has 4 N–H and O–H groups in total. The van der Waals surface area contributed by atoms with E-state index in [2.05, 4.69) is 10.3 Å². The minimum atomic E-state index is -0.915. The van der Waals surface area contributed by atoms with Crippen molar-refractivity contribution >= 4 is 11.6 Å². The molecule has 0 aliphatic carbocycles. The molecule has 1 fully saturated rings. The molecule has 1 saturated heterocycles. The molecule has 1 aromatic carbocycles. The second-order valence-corrected chi connectivity index (χ2v) is 5.16. The number of β-amino-alcohol motifs (C(OH)–C–C–N with tert-alkyl or cyclic N) is 1. The molecule has 110 valence electrons. The second kappa shape index (κ2) is 5.72. The van der Waals surface area contributed by atoms with E-state index in [1.165, 1.54) is 0 Å². The number of hydrogen-bond donors (Lipinski definition) is 3. The molecule has 1 heterocycles. The number of guanidine groups is 1. The SMILES string of the molecule is CN1CCC(O)(CN=C(N)Nc2cc(F)ccc2F)C1. The van der Waals surface area contributed by atoms with Gasteiger partial charge in [-0.1, -0.05) is 0 Å². The van der Waals surface area contributed by atoms with Crippen molar-refractivity contribution in [3.05, 3.63) is 29.8 Å². The number of nitrogens with one attached hydrogen (secondary N) is 1. The molecule has 7 heteroatoms. The summed E-state index contributed by atoms with van der Waals surface area (Å²) >= 11 is 0. The van der Waals surface area contributed by atoms with E-state index in [1.807, 2.05) is 11.9 Å². The smallest absolute Gasteiger partial charge is 0.193 e. The normalized spacial score (nSPS) is 24.1. The first-order valence-electron chi connectivity index (χ1n) is 6.31. The van der Waals surface area contributed by atoms with Gasteiger partial charge in [0.05, 0.1) is 17.8 Å². The van der Waals surface area contributed by atoms with Gasteiger partial charge in [0, 0.05) is 19.2 Å². The molecule has 1 aliphatic rings. The summed E-state index contributed by atoms with van der Waals surface area (Å²) in [5.74, 6) is -1.25. The quantitative estimate of drug-likeness (QED) is 0.566. The average Bonchev–Trinajstić information content (AvgIpc) is 2.72. The highest BCUT2D eigenvalue weighted by atomic mass is 19.1. The van der Waals surface area contributed by atoms with Crippen molar-refractivity contribution in [3.63, 3.8) is 0 Å². The Morgan fingerprint density at radius 2 is 2.30 bits per heavy atom. The molecule has 0 amide bonds. The van der Waals surface area contributed by atoms with Crippen LogP contribution in [0.15, 0.2) is 23.2 Å². The Hall–Kier alpha value is -1.73. The van der Waals surface area contributed by atoms with Crippen LogP contribution < -0.4 is 11.1 Å². The number of benzene rings is 1. The predicted octanol–water partition coefficient (Wildman–Crippen LogP) is 0.758. The van der Waals surface area contributed by atoms with Crippen molar-refractivity contribution in [2.45, 2.75) is 12.0 Å². The maximum atomic E-state index is 13.4. The van der Waals surface area contributed by atoms with E-state index in [9.17, 15) is 13.9 Å². The summed E-state index contributed by atoms with van der Waals surface area (Å²) in [5, 5.41) is 12.7. The van der Waals surface area contributed by atoms with Gasteiger partial charge in [-0.3, -0.25) is 4.99 Å². The van der Waals surface area contributed by atoms with Crippen LogP contribution in [0.4, 0.5) is 14.5 Å². The lowest BCUT2D eigenvalue weighted by molar-refractivity contribution is 0.0615. The fraction of sp³-hybridized carbons (Fsp3) is 0.462. The van der Waals surface area contributed by atoms with Gasteiger partial charge < -0.3 is 21.1 Å². The number of aliphatic hydroxyl groups is 1. The second-order valence-electron chi connectivity index (χ2n) is 5.16.